The molecule has 3 heterocycles. The first-order valence-corrected chi connectivity index (χ1v) is 10.1. The van der Waals surface area contributed by atoms with E-state index in [4.69, 9.17) is 10.00 Å². The minimum absolute atomic E-state index is 0.0871. The monoisotopic (exact) mass is 408 g/mol. The average molecular weight is 408 g/mol. The number of rotatable bonds is 5. The Kier molecular flexibility index (Phi) is 5.55. The SMILES string of the molecule is N#CB1CCN(CCOc2ccc3c(c2)C(=O)N(C2CCC(=O)NC2=O)C3=O)CC1. The molecule has 3 aliphatic heterocycles. The van der Waals surface area contributed by atoms with Crippen molar-refractivity contribution in [2.45, 2.75) is 31.5 Å². The van der Waals surface area contributed by atoms with Crippen LogP contribution < -0.4 is 10.1 Å². The minimum atomic E-state index is -0.976. The fourth-order valence-corrected chi connectivity index (χ4v) is 4.12. The van der Waals surface area contributed by atoms with Gasteiger partial charge in [0.05, 0.1) is 11.1 Å². The van der Waals surface area contributed by atoms with Gasteiger partial charge in [-0.15, -0.1) is 0 Å². The molecule has 1 atom stereocenters. The maximum absolute atomic E-state index is 12.8. The van der Waals surface area contributed by atoms with Crippen molar-refractivity contribution in [3.63, 3.8) is 0 Å². The molecule has 0 radical (unpaired) electrons. The Morgan fingerprint density at radius 3 is 2.57 bits per heavy atom. The highest BCUT2D eigenvalue weighted by molar-refractivity contribution is 6.67. The largest absolute Gasteiger partial charge is 0.492 e. The molecular weight excluding hydrogens is 387 g/mol. The molecule has 3 aliphatic rings. The van der Waals surface area contributed by atoms with Crippen molar-refractivity contribution >= 4 is 30.3 Å². The number of hydrogen-bond acceptors (Lipinski definition) is 7. The summed E-state index contributed by atoms with van der Waals surface area (Å²) in [6, 6.07) is 3.73. The van der Waals surface area contributed by atoms with E-state index in [-0.39, 0.29) is 30.7 Å². The van der Waals surface area contributed by atoms with E-state index in [0.29, 0.717) is 18.9 Å². The molecule has 4 amide bonds. The second kappa shape index (κ2) is 8.28. The summed E-state index contributed by atoms with van der Waals surface area (Å²) in [6.07, 6.45) is 1.94. The zero-order valence-electron chi connectivity index (χ0n) is 16.4. The van der Waals surface area contributed by atoms with Gasteiger partial charge in [-0.05, 0) is 50.3 Å². The summed E-state index contributed by atoms with van der Waals surface area (Å²) in [5, 5.41) is 11.1. The molecule has 0 aliphatic carbocycles. The molecule has 1 aromatic rings. The number of imide groups is 2. The Bertz CT molecular complexity index is 951. The van der Waals surface area contributed by atoms with Crippen LogP contribution >= 0.6 is 0 Å². The van der Waals surface area contributed by atoms with Crippen molar-refractivity contribution in [2.75, 3.05) is 26.2 Å². The van der Waals surface area contributed by atoms with Gasteiger partial charge in [0.25, 0.3) is 18.5 Å². The third-order valence-corrected chi connectivity index (χ3v) is 5.86. The van der Waals surface area contributed by atoms with Crippen molar-refractivity contribution in [3.8, 4) is 11.7 Å². The lowest BCUT2D eigenvalue weighted by molar-refractivity contribution is -0.136. The van der Waals surface area contributed by atoms with Gasteiger partial charge >= 0.3 is 0 Å². The molecule has 2 saturated heterocycles. The maximum Gasteiger partial charge on any atom is 0.270 e. The Labute approximate surface area is 174 Å². The first-order chi connectivity index (χ1) is 14.5. The average Bonchev–Trinajstić information content (AvgIpc) is 2.99. The zero-order chi connectivity index (χ0) is 21.3. The van der Waals surface area contributed by atoms with Crippen molar-refractivity contribution in [1.29, 1.82) is 5.26 Å². The quantitative estimate of drug-likeness (QED) is 0.551. The zero-order valence-corrected chi connectivity index (χ0v) is 16.4. The number of piperidine rings is 1. The highest BCUT2D eigenvalue weighted by atomic mass is 16.5. The van der Waals surface area contributed by atoms with Crippen LogP contribution in [0.15, 0.2) is 18.2 Å². The van der Waals surface area contributed by atoms with Crippen LogP contribution in [0.25, 0.3) is 0 Å². The Hall–Kier alpha value is -3.19. The van der Waals surface area contributed by atoms with Gasteiger partial charge in [-0.1, -0.05) is 0 Å². The lowest BCUT2D eigenvalue weighted by Gasteiger charge is -2.27. The van der Waals surface area contributed by atoms with Crippen LogP contribution in [-0.4, -0.2) is 72.4 Å². The van der Waals surface area contributed by atoms with Crippen LogP contribution in [0, 0.1) is 11.2 Å². The number of nitrogens with zero attached hydrogens (tertiary/aromatic N) is 3. The molecule has 9 nitrogen and oxygen atoms in total. The van der Waals surface area contributed by atoms with Crippen LogP contribution in [-0.2, 0) is 9.59 Å². The topological polar surface area (TPSA) is 120 Å². The van der Waals surface area contributed by atoms with Gasteiger partial charge in [0.2, 0.25) is 11.8 Å². The van der Waals surface area contributed by atoms with Gasteiger partial charge in [0, 0.05) is 18.9 Å². The van der Waals surface area contributed by atoms with Crippen LogP contribution in [0.1, 0.15) is 33.6 Å². The van der Waals surface area contributed by atoms with Crippen molar-refractivity contribution in [2.24, 2.45) is 0 Å². The second-order valence-corrected chi connectivity index (χ2v) is 7.75. The van der Waals surface area contributed by atoms with Crippen LogP contribution in [0.4, 0.5) is 0 Å². The number of nitriles is 1. The lowest BCUT2D eigenvalue weighted by Crippen LogP contribution is -2.54. The number of carbonyl (C=O) groups excluding carboxylic acids is 4. The van der Waals surface area contributed by atoms with Gasteiger partial charge in [-0.3, -0.25) is 29.4 Å². The lowest BCUT2D eigenvalue weighted by atomic mass is 9.45. The predicted molar refractivity (Wildman–Crippen MR) is 106 cm³/mol. The number of fused-ring (bicyclic) bond motifs is 1. The van der Waals surface area contributed by atoms with Crippen molar-refractivity contribution in [1.82, 2.24) is 15.1 Å². The minimum Gasteiger partial charge on any atom is -0.492 e. The molecule has 0 aromatic heterocycles. The van der Waals surface area contributed by atoms with E-state index >= 15 is 0 Å². The third-order valence-electron chi connectivity index (χ3n) is 5.86. The van der Waals surface area contributed by atoms with Crippen LogP contribution in [0.2, 0.25) is 12.6 Å². The van der Waals surface area contributed by atoms with E-state index in [2.05, 4.69) is 16.2 Å². The first-order valence-electron chi connectivity index (χ1n) is 10.1. The Morgan fingerprint density at radius 2 is 1.87 bits per heavy atom. The second-order valence-electron chi connectivity index (χ2n) is 7.75. The smallest absolute Gasteiger partial charge is 0.270 e. The molecule has 154 valence electrons. The molecule has 0 spiro atoms. The molecule has 1 N–H and O–H groups in total. The highest BCUT2D eigenvalue weighted by Gasteiger charge is 2.44. The fourth-order valence-electron chi connectivity index (χ4n) is 4.12. The van der Waals surface area contributed by atoms with E-state index in [9.17, 15) is 19.2 Å². The van der Waals surface area contributed by atoms with Gasteiger partial charge in [-0.25, -0.2) is 5.26 Å². The van der Waals surface area contributed by atoms with E-state index in [1.807, 2.05) is 0 Å². The number of nitrogens with one attached hydrogen (secondary N) is 1. The predicted octanol–water partition coefficient (Wildman–Crippen LogP) is 0.340. The number of carbonyl (C=O) groups is 4. The summed E-state index contributed by atoms with van der Waals surface area (Å²) in [5.41, 5.74) is 0.438. The molecule has 10 heteroatoms. The molecule has 2 fully saturated rings. The summed E-state index contributed by atoms with van der Waals surface area (Å²) in [7, 11) is 0. The molecular formula is C20H21BN4O5. The van der Waals surface area contributed by atoms with Crippen LogP contribution in [0.5, 0.6) is 5.75 Å². The van der Waals surface area contributed by atoms with E-state index < -0.39 is 29.7 Å². The van der Waals surface area contributed by atoms with E-state index in [1.54, 1.807) is 6.07 Å². The standard InChI is InChI=1S/C20H21BN4O5/c22-12-21-5-7-24(8-6-21)9-10-30-13-1-2-14-15(11-13)20(29)25(19(14)28)16-3-4-17(26)23-18(16)27/h1-2,11,16H,3-10H2,(H,23,26,27). The number of hydrogen-bond donors (Lipinski definition) is 1. The molecule has 4 rings (SSSR count). The normalized spacial score (nSPS) is 22.0. The molecule has 1 unspecified atom stereocenters. The van der Waals surface area contributed by atoms with E-state index in [0.717, 1.165) is 30.6 Å². The summed E-state index contributed by atoms with van der Waals surface area (Å²) >= 11 is 0. The number of ether oxygens (including phenoxy) is 1. The number of benzene rings is 1. The molecule has 30 heavy (non-hydrogen) atoms. The summed E-state index contributed by atoms with van der Waals surface area (Å²) in [6.45, 7) is 2.99. The van der Waals surface area contributed by atoms with E-state index in [1.165, 1.54) is 12.1 Å². The highest BCUT2D eigenvalue weighted by Crippen LogP contribution is 2.30. The Balaban J connectivity index is 1.38. The van der Waals surface area contributed by atoms with Crippen molar-refractivity contribution < 1.29 is 23.9 Å². The molecule has 0 bridgehead atoms. The Morgan fingerprint density at radius 1 is 1.13 bits per heavy atom. The van der Waals surface area contributed by atoms with Crippen LogP contribution in [0.3, 0.4) is 0 Å². The first kappa shape index (κ1) is 20.1. The summed E-state index contributed by atoms with van der Waals surface area (Å²) < 4.78 is 5.77. The van der Waals surface area contributed by atoms with Gasteiger partial charge in [-0.2, -0.15) is 0 Å². The summed E-state index contributed by atoms with van der Waals surface area (Å²) in [4.78, 5) is 52.1. The summed E-state index contributed by atoms with van der Waals surface area (Å²) in [5.74, 6) is 0.677. The molecule has 0 saturated carbocycles. The fraction of sp³-hybridized carbons (Fsp3) is 0.450. The maximum atomic E-state index is 12.8. The molecule has 1 aromatic carbocycles. The third kappa shape index (κ3) is 3.81. The van der Waals surface area contributed by atoms with Crippen molar-refractivity contribution in [3.05, 3.63) is 29.3 Å². The van der Waals surface area contributed by atoms with Gasteiger partial charge < -0.3 is 9.64 Å². The van der Waals surface area contributed by atoms with Gasteiger partial charge in [0.15, 0.2) is 0 Å². The number of amides is 4. The van der Waals surface area contributed by atoms with Gasteiger partial charge in [0.1, 0.15) is 18.4 Å².